The first-order valence-corrected chi connectivity index (χ1v) is 3.35. The Morgan fingerprint density at radius 2 is 2.20 bits per heavy atom. The fourth-order valence-corrected chi connectivity index (χ4v) is 0.866. The lowest BCUT2D eigenvalue weighted by molar-refractivity contribution is 0.615. The molecule has 0 spiro atoms. The van der Waals surface area contributed by atoms with Crippen LogP contribution in [0.3, 0.4) is 0 Å². The van der Waals surface area contributed by atoms with Gasteiger partial charge in [-0.1, -0.05) is 29.2 Å². The molecule has 0 aliphatic carbocycles. The van der Waals surface area contributed by atoms with E-state index in [1.165, 1.54) is 0 Å². The van der Waals surface area contributed by atoms with Crippen molar-refractivity contribution in [2.75, 3.05) is 0 Å². The molecule has 1 aromatic carbocycles. The summed E-state index contributed by atoms with van der Waals surface area (Å²) in [6, 6.07) is 5.34. The zero-order valence-electron chi connectivity index (χ0n) is 5.63. The van der Waals surface area contributed by atoms with Crippen LogP contribution in [0.5, 0.6) is 0 Å². The van der Waals surface area contributed by atoms with E-state index in [1.54, 1.807) is 12.1 Å². The molecule has 1 nitrogen and oxygen atoms in total. The van der Waals surface area contributed by atoms with Gasteiger partial charge in [-0.15, -0.1) is 0 Å². The quantitative estimate of drug-likeness (QED) is 0.594. The van der Waals surface area contributed by atoms with Crippen molar-refractivity contribution in [1.29, 1.82) is 0 Å². The SMILES string of the molecule is Cc1cc([B]O)ccc1Cl. The van der Waals surface area contributed by atoms with Crippen molar-refractivity contribution in [3.05, 3.63) is 28.8 Å². The number of hydrogen-bond donors (Lipinski definition) is 1. The highest BCUT2D eigenvalue weighted by molar-refractivity contribution is 6.45. The Balaban J connectivity index is 3.04. The molecule has 1 rings (SSSR count). The minimum atomic E-state index is 0.727. The van der Waals surface area contributed by atoms with Crippen LogP contribution in [-0.2, 0) is 0 Å². The van der Waals surface area contributed by atoms with E-state index in [-0.39, 0.29) is 0 Å². The second kappa shape index (κ2) is 3.08. The van der Waals surface area contributed by atoms with E-state index in [0.717, 1.165) is 23.5 Å². The summed E-state index contributed by atoms with van der Waals surface area (Å²) in [5.41, 5.74) is 1.76. The lowest BCUT2D eigenvalue weighted by Crippen LogP contribution is -2.12. The lowest BCUT2D eigenvalue weighted by atomic mass is 9.88. The monoisotopic (exact) mass is 153 g/mol. The maximum atomic E-state index is 8.58. The normalized spacial score (nSPS) is 9.50. The molecule has 0 heterocycles. The minimum Gasteiger partial charge on any atom is -0.450 e. The third-order valence-electron chi connectivity index (χ3n) is 1.33. The Morgan fingerprint density at radius 3 is 2.70 bits per heavy atom. The van der Waals surface area contributed by atoms with Gasteiger partial charge in [0.25, 0.3) is 0 Å². The standard InChI is InChI=1S/C7H7BClO/c1-5-4-6(8-10)2-3-7(5)9/h2-4,10H,1H3. The van der Waals surface area contributed by atoms with Crippen LogP contribution in [0.25, 0.3) is 0 Å². The topological polar surface area (TPSA) is 20.2 Å². The van der Waals surface area contributed by atoms with Crippen LogP contribution in [0.1, 0.15) is 5.56 Å². The second-order valence-corrected chi connectivity index (χ2v) is 2.54. The van der Waals surface area contributed by atoms with Gasteiger partial charge >= 0.3 is 7.48 Å². The van der Waals surface area contributed by atoms with Crippen molar-refractivity contribution in [3.63, 3.8) is 0 Å². The van der Waals surface area contributed by atoms with Gasteiger partial charge in [-0.2, -0.15) is 0 Å². The predicted octanol–water partition coefficient (Wildman–Crippen LogP) is 0.885. The molecule has 51 valence electrons. The van der Waals surface area contributed by atoms with Gasteiger partial charge in [0, 0.05) is 5.02 Å². The van der Waals surface area contributed by atoms with Crippen LogP contribution in [0.2, 0.25) is 5.02 Å². The Kier molecular flexibility index (Phi) is 2.36. The summed E-state index contributed by atoms with van der Waals surface area (Å²) in [5.74, 6) is 0. The molecule has 0 saturated heterocycles. The van der Waals surface area contributed by atoms with Crippen molar-refractivity contribution in [2.24, 2.45) is 0 Å². The first-order chi connectivity index (χ1) is 4.74. The Morgan fingerprint density at radius 1 is 1.50 bits per heavy atom. The molecule has 0 bridgehead atoms. The number of rotatable bonds is 1. The van der Waals surface area contributed by atoms with E-state index in [9.17, 15) is 0 Å². The smallest absolute Gasteiger partial charge is 0.326 e. The van der Waals surface area contributed by atoms with E-state index in [0.29, 0.717) is 0 Å². The van der Waals surface area contributed by atoms with Crippen LogP contribution in [0.15, 0.2) is 18.2 Å². The van der Waals surface area contributed by atoms with Gasteiger partial charge in [-0.3, -0.25) is 0 Å². The Labute approximate surface area is 65.9 Å². The maximum Gasteiger partial charge on any atom is 0.326 e. The summed E-state index contributed by atoms with van der Waals surface area (Å²) in [7, 11) is 1.06. The summed E-state index contributed by atoms with van der Waals surface area (Å²) < 4.78 is 0. The second-order valence-electron chi connectivity index (χ2n) is 2.14. The van der Waals surface area contributed by atoms with Crippen LogP contribution < -0.4 is 5.46 Å². The van der Waals surface area contributed by atoms with Gasteiger partial charge in [0.05, 0.1) is 0 Å². The fourth-order valence-electron chi connectivity index (χ4n) is 0.748. The zero-order valence-corrected chi connectivity index (χ0v) is 6.39. The number of hydrogen-bond acceptors (Lipinski definition) is 1. The average Bonchev–Trinajstić information content (AvgIpc) is 1.95. The van der Waals surface area contributed by atoms with Crippen LogP contribution in [-0.4, -0.2) is 12.5 Å². The van der Waals surface area contributed by atoms with Crippen molar-refractivity contribution < 1.29 is 5.02 Å². The van der Waals surface area contributed by atoms with E-state index in [1.807, 2.05) is 13.0 Å². The van der Waals surface area contributed by atoms with Crippen LogP contribution in [0, 0.1) is 6.92 Å². The fraction of sp³-hybridized carbons (Fsp3) is 0.143. The van der Waals surface area contributed by atoms with Gasteiger partial charge in [0.1, 0.15) is 0 Å². The van der Waals surface area contributed by atoms with Crippen molar-refractivity contribution in [3.8, 4) is 0 Å². The Hall–Kier alpha value is -0.465. The molecule has 1 radical (unpaired) electrons. The highest BCUT2D eigenvalue weighted by Crippen LogP contribution is 2.11. The number of benzene rings is 1. The molecule has 0 aliphatic rings. The summed E-state index contributed by atoms with van der Waals surface area (Å²) in [6.45, 7) is 1.90. The Bertz CT molecular complexity index is 237. The van der Waals surface area contributed by atoms with Gasteiger partial charge < -0.3 is 5.02 Å². The summed E-state index contributed by atoms with van der Waals surface area (Å²) >= 11 is 5.74. The molecule has 0 unspecified atom stereocenters. The molecule has 0 fully saturated rings. The zero-order chi connectivity index (χ0) is 7.56. The number of halogens is 1. The third kappa shape index (κ3) is 1.52. The van der Waals surface area contributed by atoms with Crippen molar-refractivity contribution in [2.45, 2.75) is 6.92 Å². The van der Waals surface area contributed by atoms with E-state index >= 15 is 0 Å². The first kappa shape index (κ1) is 7.64. The molecular formula is C7H7BClO. The molecule has 3 heteroatoms. The molecule has 0 aromatic heterocycles. The largest absolute Gasteiger partial charge is 0.450 e. The van der Waals surface area contributed by atoms with Gasteiger partial charge in [0.2, 0.25) is 0 Å². The summed E-state index contributed by atoms with van der Waals surface area (Å²) in [6.07, 6.45) is 0. The molecule has 10 heavy (non-hydrogen) atoms. The summed E-state index contributed by atoms with van der Waals surface area (Å²) in [4.78, 5) is 0. The molecule has 0 aliphatic heterocycles. The van der Waals surface area contributed by atoms with Gasteiger partial charge in [-0.05, 0) is 18.6 Å². The molecule has 1 N–H and O–H groups in total. The molecule has 0 amide bonds. The van der Waals surface area contributed by atoms with Crippen molar-refractivity contribution >= 4 is 24.5 Å². The highest BCUT2D eigenvalue weighted by Gasteiger charge is 1.96. The molecule has 0 atom stereocenters. The van der Waals surface area contributed by atoms with Gasteiger partial charge in [-0.25, -0.2) is 0 Å². The van der Waals surface area contributed by atoms with E-state index in [2.05, 4.69) is 0 Å². The number of aryl methyl sites for hydroxylation is 1. The van der Waals surface area contributed by atoms with E-state index < -0.39 is 0 Å². The van der Waals surface area contributed by atoms with Crippen LogP contribution in [0.4, 0.5) is 0 Å². The lowest BCUT2D eigenvalue weighted by Gasteiger charge is -1.98. The molecule has 1 aromatic rings. The van der Waals surface area contributed by atoms with E-state index in [4.69, 9.17) is 16.6 Å². The minimum absolute atomic E-state index is 0.727. The van der Waals surface area contributed by atoms with Crippen molar-refractivity contribution in [1.82, 2.24) is 0 Å². The molecular weight excluding hydrogens is 146 g/mol. The highest BCUT2D eigenvalue weighted by atomic mass is 35.5. The maximum absolute atomic E-state index is 8.58. The third-order valence-corrected chi connectivity index (χ3v) is 1.76. The van der Waals surface area contributed by atoms with Crippen LogP contribution >= 0.6 is 11.6 Å². The first-order valence-electron chi connectivity index (χ1n) is 2.97. The van der Waals surface area contributed by atoms with Gasteiger partial charge in [0.15, 0.2) is 0 Å². The predicted molar refractivity (Wildman–Crippen MR) is 43.8 cm³/mol. The average molecular weight is 153 g/mol. The summed E-state index contributed by atoms with van der Waals surface area (Å²) in [5, 5.41) is 9.31. The molecule has 0 saturated carbocycles.